The molecule has 2 rings (SSSR count). The van der Waals surface area contributed by atoms with E-state index in [2.05, 4.69) is 15.5 Å². The molecule has 1 heterocycles. The molecule has 0 aliphatic heterocycles. The van der Waals surface area contributed by atoms with E-state index in [1.807, 2.05) is 5.38 Å². The molecule has 0 radical (unpaired) electrons. The van der Waals surface area contributed by atoms with Gasteiger partial charge >= 0.3 is 0 Å². The Bertz CT molecular complexity index is 479. The van der Waals surface area contributed by atoms with Gasteiger partial charge in [-0.05, 0) is 12.8 Å². The Morgan fingerprint density at radius 1 is 1.43 bits per heavy atom. The molecule has 1 fully saturated rings. The highest BCUT2D eigenvalue weighted by molar-refractivity contribution is 7.07. The molecular formula is C14H22N4O2S. The number of nitrogens with two attached hydrogens (primary N) is 1. The number of amidine groups is 1. The minimum absolute atomic E-state index is 0.0376. The monoisotopic (exact) mass is 310 g/mol. The second-order valence-electron chi connectivity index (χ2n) is 5.47. The number of hydrogen-bond donors (Lipinski definition) is 3. The first-order valence-electron chi connectivity index (χ1n) is 7.32. The van der Waals surface area contributed by atoms with Crippen LogP contribution in [0.2, 0.25) is 0 Å². The van der Waals surface area contributed by atoms with Crippen molar-refractivity contribution in [3.63, 3.8) is 0 Å². The fourth-order valence-corrected chi connectivity index (χ4v) is 3.45. The van der Waals surface area contributed by atoms with E-state index >= 15 is 0 Å². The summed E-state index contributed by atoms with van der Waals surface area (Å²) in [6.45, 7) is 0.517. The number of hydrogen-bond acceptors (Lipinski definition) is 5. The summed E-state index contributed by atoms with van der Waals surface area (Å²) < 4.78 is 0. The van der Waals surface area contributed by atoms with Crippen LogP contribution in [-0.4, -0.2) is 28.5 Å². The van der Waals surface area contributed by atoms with Gasteiger partial charge in [-0.3, -0.25) is 4.79 Å². The Morgan fingerprint density at radius 3 is 2.71 bits per heavy atom. The topological polar surface area (TPSA) is 101 Å². The molecule has 0 bridgehead atoms. The summed E-state index contributed by atoms with van der Waals surface area (Å²) in [5.41, 5.74) is 7.74. The van der Waals surface area contributed by atoms with Gasteiger partial charge < -0.3 is 16.3 Å². The minimum Gasteiger partial charge on any atom is -0.409 e. The Morgan fingerprint density at radius 2 is 2.14 bits per heavy atom. The standard InChI is InChI=1S/C14H22N4O2S/c15-12(18-20)14(6-3-1-2-4-7-14)13(19)16-8-5-11-9-21-10-17-11/h9-10,20H,1-8H2,(H2,15,18)(H,16,19). The van der Waals surface area contributed by atoms with Gasteiger partial charge in [0.2, 0.25) is 5.91 Å². The molecule has 1 saturated carbocycles. The van der Waals surface area contributed by atoms with Crippen LogP contribution in [0.5, 0.6) is 0 Å². The van der Waals surface area contributed by atoms with Crippen molar-refractivity contribution in [2.75, 3.05) is 6.54 Å². The van der Waals surface area contributed by atoms with Crippen LogP contribution in [0.15, 0.2) is 16.0 Å². The maximum atomic E-state index is 12.6. The third kappa shape index (κ3) is 3.72. The van der Waals surface area contributed by atoms with Crippen LogP contribution in [0.4, 0.5) is 0 Å². The number of nitrogens with one attached hydrogen (secondary N) is 1. The first-order valence-corrected chi connectivity index (χ1v) is 8.27. The lowest BCUT2D eigenvalue weighted by Gasteiger charge is -2.29. The van der Waals surface area contributed by atoms with Gasteiger partial charge in [0.15, 0.2) is 5.84 Å². The minimum atomic E-state index is -0.854. The highest BCUT2D eigenvalue weighted by Gasteiger charge is 2.42. The number of aromatic nitrogens is 1. The van der Waals surface area contributed by atoms with Crippen LogP contribution in [-0.2, 0) is 11.2 Å². The SMILES string of the molecule is NC(=NO)C1(C(=O)NCCc2cscn2)CCCCCC1. The second-order valence-corrected chi connectivity index (χ2v) is 6.19. The van der Waals surface area contributed by atoms with E-state index in [4.69, 9.17) is 10.9 Å². The Balaban J connectivity index is 2.00. The highest BCUT2D eigenvalue weighted by atomic mass is 32.1. The van der Waals surface area contributed by atoms with Crippen LogP contribution in [0.3, 0.4) is 0 Å². The third-order valence-electron chi connectivity index (χ3n) is 4.14. The average molecular weight is 310 g/mol. The lowest BCUT2D eigenvalue weighted by atomic mass is 9.78. The first-order chi connectivity index (χ1) is 10.2. The molecule has 1 aromatic rings. The summed E-state index contributed by atoms with van der Waals surface area (Å²) in [7, 11) is 0. The van der Waals surface area contributed by atoms with Crippen LogP contribution < -0.4 is 11.1 Å². The predicted octanol–water partition coefficient (Wildman–Crippen LogP) is 1.89. The van der Waals surface area contributed by atoms with Crippen molar-refractivity contribution in [3.05, 3.63) is 16.6 Å². The Kier molecular flexibility index (Phi) is 5.55. The van der Waals surface area contributed by atoms with E-state index in [-0.39, 0.29) is 11.7 Å². The molecule has 1 aromatic heterocycles. The maximum Gasteiger partial charge on any atom is 0.233 e. The first kappa shape index (κ1) is 15.8. The van der Waals surface area contributed by atoms with E-state index in [1.165, 1.54) is 0 Å². The molecule has 0 aromatic carbocycles. The zero-order valence-corrected chi connectivity index (χ0v) is 12.9. The largest absolute Gasteiger partial charge is 0.409 e. The van der Waals surface area contributed by atoms with Gasteiger partial charge in [-0.1, -0.05) is 30.8 Å². The molecule has 0 spiro atoms. The maximum absolute atomic E-state index is 12.6. The summed E-state index contributed by atoms with van der Waals surface area (Å²) in [6.07, 6.45) is 6.02. The van der Waals surface area contributed by atoms with E-state index in [9.17, 15) is 4.79 Å². The zero-order chi connectivity index (χ0) is 15.1. The number of amides is 1. The molecule has 6 nitrogen and oxygen atoms in total. The third-order valence-corrected chi connectivity index (χ3v) is 4.78. The molecule has 1 aliphatic rings. The summed E-state index contributed by atoms with van der Waals surface area (Å²) in [5, 5.41) is 17.1. The number of carbonyl (C=O) groups is 1. The number of thiazole rings is 1. The van der Waals surface area contributed by atoms with Crippen LogP contribution in [0.1, 0.15) is 44.2 Å². The smallest absolute Gasteiger partial charge is 0.233 e. The van der Waals surface area contributed by atoms with Crippen molar-refractivity contribution >= 4 is 23.1 Å². The quantitative estimate of drug-likeness (QED) is 0.254. The van der Waals surface area contributed by atoms with Gasteiger partial charge in [-0.15, -0.1) is 11.3 Å². The normalized spacial score (nSPS) is 19.0. The molecule has 7 heteroatoms. The summed E-state index contributed by atoms with van der Waals surface area (Å²) in [6, 6.07) is 0. The van der Waals surface area contributed by atoms with Crippen molar-refractivity contribution in [1.29, 1.82) is 0 Å². The molecule has 1 aliphatic carbocycles. The van der Waals surface area contributed by atoms with E-state index in [0.29, 0.717) is 25.8 Å². The van der Waals surface area contributed by atoms with Crippen molar-refractivity contribution < 1.29 is 10.0 Å². The molecule has 0 unspecified atom stereocenters. The summed E-state index contributed by atoms with van der Waals surface area (Å²) in [4.78, 5) is 16.8. The van der Waals surface area contributed by atoms with Gasteiger partial charge in [-0.2, -0.15) is 0 Å². The number of oxime groups is 1. The fourth-order valence-electron chi connectivity index (χ4n) is 2.86. The average Bonchev–Trinajstić information content (AvgIpc) is 2.88. The lowest BCUT2D eigenvalue weighted by molar-refractivity contribution is -0.128. The molecular weight excluding hydrogens is 288 g/mol. The molecule has 0 saturated heterocycles. The molecule has 0 atom stereocenters. The zero-order valence-electron chi connectivity index (χ0n) is 12.0. The van der Waals surface area contributed by atoms with Crippen molar-refractivity contribution in [3.8, 4) is 0 Å². The van der Waals surface area contributed by atoms with Gasteiger partial charge in [0.05, 0.1) is 11.2 Å². The Labute approximate surface area is 128 Å². The summed E-state index contributed by atoms with van der Waals surface area (Å²) >= 11 is 1.54. The van der Waals surface area contributed by atoms with E-state index in [0.717, 1.165) is 31.4 Å². The molecule has 21 heavy (non-hydrogen) atoms. The number of nitrogens with zero attached hydrogens (tertiary/aromatic N) is 2. The molecule has 116 valence electrons. The van der Waals surface area contributed by atoms with Gasteiger partial charge in [0, 0.05) is 18.3 Å². The summed E-state index contributed by atoms with van der Waals surface area (Å²) in [5.74, 6) is -0.0921. The lowest BCUT2D eigenvalue weighted by Crippen LogP contribution is -2.50. The van der Waals surface area contributed by atoms with Crippen molar-refractivity contribution in [2.45, 2.75) is 44.9 Å². The van der Waals surface area contributed by atoms with Crippen molar-refractivity contribution in [2.24, 2.45) is 16.3 Å². The number of carbonyl (C=O) groups excluding carboxylic acids is 1. The van der Waals surface area contributed by atoms with Gasteiger partial charge in [0.25, 0.3) is 0 Å². The van der Waals surface area contributed by atoms with E-state index in [1.54, 1.807) is 16.8 Å². The van der Waals surface area contributed by atoms with E-state index < -0.39 is 5.41 Å². The van der Waals surface area contributed by atoms with Crippen LogP contribution >= 0.6 is 11.3 Å². The predicted molar refractivity (Wildman–Crippen MR) is 82.4 cm³/mol. The van der Waals surface area contributed by atoms with Gasteiger partial charge in [0.1, 0.15) is 5.41 Å². The second kappa shape index (κ2) is 7.40. The fraction of sp³-hybridized carbons (Fsp3) is 0.643. The van der Waals surface area contributed by atoms with Crippen LogP contribution in [0, 0.1) is 5.41 Å². The van der Waals surface area contributed by atoms with Crippen molar-refractivity contribution in [1.82, 2.24) is 10.3 Å². The highest BCUT2D eigenvalue weighted by Crippen LogP contribution is 2.35. The van der Waals surface area contributed by atoms with Crippen LogP contribution in [0.25, 0.3) is 0 Å². The molecule has 1 amide bonds. The Hall–Kier alpha value is -1.63. The molecule has 4 N–H and O–H groups in total. The van der Waals surface area contributed by atoms with Gasteiger partial charge in [-0.25, -0.2) is 4.98 Å². The number of rotatable bonds is 5.